The smallest absolute Gasteiger partial charge is 0.255 e. The zero-order valence-corrected chi connectivity index (χ0v) is 13.3. The lowest BCUT2D eigenvalue weighted by Gasteiger charge is -2.31. The van der Waals surface area contributed by atoms with Crippen molar-refractivity contribution in [2.45, 2.75) is 44.9 Å². The van der Waals surface area contributed by atoms with Gasteiger partial charge < -0.3 is 9.42 Å². The van der Waals surface area contributed by atoms with Crippen LogP contribution in [-0.2, 0) is 12.8 Å². The first kappa shape index (κ1) is 14.4. The van der Waals surface area contributed by atoms with Gasteiger partial charge in [0.2, 0.25) is 5.89 Å². The highest BCUT2D eigenvalue weighted by Gasteiger charge is 2.29. The second kappa shape index (κ2) is 5.76. The highest BCUT2D eigenvalue weighted by molar-refractivity contribution is 5.94. The van der Waals surface area contributed by atoms with Gasteiger partial charge in [-0.1, -0.05) is 5.16 Å². The third-order valence-electron chi connectivity index (χ3n) is 4.78. The van der Waals surface area contributed by atoms with E-state index in [4.69, 9.17) is 4.52 Å². The maximum Gasteiger partial charge on any atom is 0.255 e. The number of pyridine rings is 1. The van der Waals surface area contributed by atoms with E-state index in [1.54, 1.807) is 13.1 Å². The standard InChI is InChI=1S/C17H20N4O2/c1-11-19-16(20-23-11)13-5-3-7-21(10-13)17(22)14-8-12-4-2-6-15(12)18-9-14/h8-9,13H,2-7,10H2,1H3/t13-/m1/s1. The van der Waals surface area contributed by atoms with Crippen LogP contribution in [0.2, 0.25) is 0 Å². The van der Waals surface area contributed by atoms with Crippen molar-refractivity contribution in [1.82, 2.24) is 20.0 Å². The Labute approximate surface area is 134 Å². The van der Waals surface area contributed by atoms with Gasteiger partial charge in [-0.3, -0.25) is 9.78 Å². The summed E-state index contributed by atoms with van der Waals surface area (Å²) in [5.74, 6) is 1.52. The summed E-state index contributed by atoms with van der Waals surface area (Å²) in [4.78, 5) is 23.5. The lowest BCUT2D eigenvalue weighted by atomic mass is 9.96. The molecule has 0 unspecified atom stereocenters. The zero-order chi connectivity index (χ0) is 15.8. The molecule has 0 radical (unpaired) electrons. The van der Waals surface area contributed by atoms with Crippen molar-refractivity contribution in [2.75, 3.05) is 13.1 Å². The van der Waals surface area contributed by atoms with Crippen molar-refractivity contribution in [2.24, 2.45) is 0 Å². The third kappa shape index (κ3) is 2.73. The summed E-state index contributed by atoms with van der Waals surface area (Å²) in [6.45, 7) is 3.22. The number of likely N-dealkylation sites (tertiary alicyclic amines) is 1. The summed E-state index contributed by atoms with van der Waals surface area (Å²) in [7, 11) is 0. The molecule has 1 amide bonds. The number of nitrogens with zero attached hydrogens (tertiary/aromatic N) is 4. The molecule has 2 aromatic heterocycles. The van der Waals surface area contributed by atoms with Crippen LogP contribution in [0.25, 0.3) is 0 Å². The summed E-state index contributed by atoms with van der Waals surface area (Å²) in [6, 6.07) is 2.03. The first-order valence-corrected chi connectivity index (χ1v) is 8.28. The van der Waals surface area contributed by atoms with E-state index < -0.39 is 0 Å². The molecular formula is C17H20N4O2. The molecule has 0 bridgehead atoms. The highest BCUT2D eigenvalue weighted by atomic mass is 16.5. The van der Waals surface area contributed by atoms with Crippen LogP contribution in [0.15, 0.2) is 16.8 Å². The van der Waals surface area contributed by atoms with E-state index in [0.717, 1.165) is 44.3 Å². The summed E-state index contributed by atoms with van der Waals surface area (Å²) in [5, 5.41) is 4.02. The minimum absolute atomic E-state index is 0.0668. The van der Waals surface area contributed by atoms with Crippen molar-refractivity contribution in [3.8, 4) is 0 Å². The SMILES string of the molecule is Cc1nc([C@@H]2CCCN(C(=O)c3cnc4c(c3)CCC4)C2)no1. The number of hydrogen-bond donors (Lipinski definition) is 0. The number of hydrogen-bond acceptors (Lipinski definition) is 5. The Kier molecular flexibility index (Phi) is 3.59. The Morgan fingerprint density at radius 1 is 1.35 bits per heavy atom. The number of carbonyl (C=O) groups excluding carboxylic acids is 1. The van der Waals surface area contributed by atoms with E-state index in [1.807, 2.05) is 11.0 Å². The minimum Gasteiger partial charge on any atom is -0.340 e. The van der Waals surface area contributed by atoms with Crippen LogP contribution in [0.5, 0.6) is 0 Å². The molecule has 3 heterocycles. The number of carbonyl (C=O) groups is 1. The summed E-state index contributed by atoms with van der Waals surface area (Å²) < 4.78 is 5.07. The Balaban J connectivity index is 1.51. The molecule has 4 rings (SSSR count). The molecule has 6 nitrogen and oxygen atoms in total. The van der Waals surface area contributed by atoms with Crippen molar-refractivity contribution >= 4 is 5.91 Å². The Morgan fingerprint density at radius 2 is 2.26 bits per heavy atom. The van der Waals surface area contributed by atoms with Gasteiger partial charge in [-0.25, -0.2) is 0 Å². The highest BCUT2D eigenvalue weighted by Crippen LogP contribution is 2.27. The monoisotopic (exact) mass is 312 g/mol. The normalized spacial score (nSPS) is 20.6. The topological polar surface area (TPSA) is 72.1 Å². The Hall–Kier alpha value is -2.24. The van der Waals surface area contributed by atoms with Gasteiger partial charge in [0.15, 0.2) is 5.82 Å². The van der Waals surface area contributed by atoms with Crippen molar-refractivity contribution in [3.63, 3.8) is 0 Å². The molecular weight excluding hydrogens is 292 g/mol. The zero-order valence-electron chi connectivity index (χ0n) is 13.3. The lowest BCUT2D eigenvalue weighted by molar-refractivity contribution is 0.0703. The van der Waals surface area contributed by atoms with Crippen LogP contribution in [0.3, 0.4) is 0 Å². The van der Waals surface area contributed by atoms with Crippen LogP contribution >= 0.6 is 0 Å². The molecule has 2 aromatic rings. The molecule has 0 N–H and O–H groups in total. The fourth-order valence-electron chi connectivity index (χ4n) is 3.58. The second-order valence-corrected chi connectivity index (χ2v) is 6.45. The number of amides is 1. The van der Waals surface area contributed by atoms with Gasteiger partial charge in [-0.2, -0.15) is 4.98 Å². The molecule has 6 heteroatoms. The van der Waals surface area contributed by atoms with E-state index in [1.165, 1.54) is 5.56 Å². The summed E-state index contributed by atoms with van der Waals surface area (Å²) >= 11 is 0. The van der Waals surface area contributed by atoms with Gasteiger partial charge in [0.05, 0.1) is 5.56 Å². The van der Waals surface area contributed by atoms with Crippen LogP contribution in [0.1, 0.15) is 58.5 Å². The van der Waals surface area contributed by atoms with E-state index in [0.29, 0.717) is 23.8 Å². The van der Waals surface area contributed by atoms with Crippen molar-refractivity contribution in [3.05, 3.63) is 40.8 Å². The number of rotatable bonds is 2. The Morgan fingerprint density at radius 3 is 3.09 bits per heavy atom. The number of aryl methyl sites for hydroxylation is 3. The first-order chi connectivity index (χ1) is 11.2. The molecule has 120 valence electrons. The van der Waals surface area contributed by atoms with Gasteiger partial charge in [-0.05, 0) is 43.7 Å². The maximum absolute atomic E-state index is 12.8. The van der Waals surface area contributed by atoms with Crippen molar-refractivity contribution < 1.29 is 9.32 Å². The van der Waals surface area contributed by atoms with Gasteiger partial charge >= 0.3 is 0 Å². The predicted octanol–water partition coefficient (Wildman–Crippen LogP) is 2.28. The van der Waals surface area contributed by atoms with Gasteiger partial charge in [0.25, 0.3) is 5.91 Å². The fourth-order valence-corrected chi connectivity index (χ4v) is 3.58. The van der Waals surface area contributed by atoms with E-state index in [-0.39, 0.29) is 11.8 Å². The minimum atomic E-state index is 0.0668. The van der Waals surface area contributed by atoms with E-state index in [9.17, 15) is 4.79 Å². The van der Waals surface area contributed by atoms with E-state index in [2.05, 4.69) is 15.1 Å². The van der Waals surface area contributed by atoms with Crippen LogP contribution in [-0.4, -0.2) is 39.0 Å². The van der Waals surface area contributed by atoms with Crippen molar-refractivity contribution in [1.29, 1.82) is 0 Å². The largest absolute Gasteiger partial charge is 0.340 e. The van der Waals surface area contributed by atoms with Crippen LogP contribution in [0.4, 0.5) is 0 Å². The third-order valence-corrected chi connectivity index (χ3v) is 4.78. The number of fused-ring (bicyclic) bond motifs is 1. The molecule has 1 fully saturated rings. The molecule has 1 saturated heterocycles. The molecule has 1 aliphatic carbocycles. The fraction of sp³-hybridized carbons (Fsp3) is 0.529. The molecule has 1 atom stereocenters. The van der Waals surface area contributed by atoms with Gasteiger partial charge in [-0.15, -0.1) is 0 Å². The van der Waals surface area contributed by atoms with Gasteiger partial charge in [0.1, 0.15) is 0 Å². The second-order valence-electron chi connectivity index (χ2n) is 6.45. The predicted molar refractivity (Wildman–Crippen MR) is 83.2 cm³/mol. The summed E-state index contributed by atoms with van der Waals surface area (Å²) in [5.41, 5.74) is 3.09. The molecule has 0 saturated carbocycles. The Bertz CT molecular complexity index is 740. The molecule has 0 spiro atoms. The lowest BCUT2D eigenvalue weighted by Crippen LogP contribution is -2.39. The first-order valence-electron chi connectivity index (χ1n) is 8.28. The molecule has 23 heavy (non-hydrogen) atoms. The van der Waals surface area contributed by atoms with Crippen LogP contribution < -0.4 is 0 Å². The number of aromatic nitrogens is 3. The average Bonchev–Trinajstić information content (AvgIpc) is 3.22. The van der Waals surface area contributed by atoms with Crippen LogP contribution in [0, 0.1) is 6.92 Å². The van der Waals surface area contributed by atoms with E-state index >= 15 is 0 Å². The van der Waals surface area contributed by atoms with Gasteiger partial charge in [0, 0.05) is 37.8 Å². The summed E-state index contributed by atoms with van der Waals surface area (Å²) in [6.07, 6.45) is 6.89. The number of piperidine rings is 1. The molecule has 2 aliphatic rings. The average molecular weight is 312 g/mol. The molecule has 1 aliphatic heterocycles. The quantitative estimate of drug-likeness (QED) is 0.850. The molecule has 0 aromatic carbocycles. The maximum atomic E-state index is 12.8.